The molecule has 1 saturated heterocycles. The Kier molecular flexibility index (Phi) is 6.45. The molecule has 1 aliphatic heterocycles. The summed E-state index contributed by atoms with van der Waals surface area (Å²) in [4.78, 5) is 26.2. The second-order valence-corrected chi connectivity index (χ2v) is 7.18. The predicted molar refractivity (Wildman–Crippen MR) is 103 cm³/mol. The summed E-state index contributed by atoms with van der Waals surface area (Å²) in [6.07, 6.45) is 2.42. The second-order valence-electron chi connectivity index (χ2n) is 6.74. The van der Waals surface area contributed by atoms with Crippen LogP contribution in [0.15, 0.2) is 48.5 Å². The number of hydrogen-bond acceptors (Lipinski definition) is 2. The highest BCUT2D eigenvalue weighted by Crippen LogP contribution is 2.16. The number of halogens is 2. The van der Waals surface area contributed by atoms with Crippen LogP contribution in [0.2, 0.25) is 5.02 Å². The van der Waals surface area contributed by atoms with Gasteiger partial charge in [-0.3, -0.25) is 9.59 Å². The molecule has 6 heteroatoms. The molecular formula is C21H22ClFN2O2. The minimum absolute atomic E-state index is 0.00355. The Morgan fingerprint density at radius 2 is 1.74 bits per heavy atom. The average Bonchev–Trinajstić information content (AvgIpc) is 2.68. The van der Waals surface area contributed by atoms with Crippen molar-refractivity contribution in [2.75, 3.05) is 13.1 Å². The maximum absolute atomic E-state index is 13.8. The molecule has 1 fully saturated rings. The van der Waals surface area contributed by atoms with Gasteiger partial charge in [0.25, 0.3) is 5.91 Å². The molecule has 0 aromatic heterocycles. The molecule has 0 atom stereocenters. The number of aryl methyl sites for hydroxylation is 1. The van der Waals surface area contributed by atoms with Crippen molar-refractivity contribution in [2.24, 2.45) is 0 Å². The van der Waals surface area contributed by atoms with Crippen LogP contribution in [0.4, 0.5) is 4.39 Å². The SMILES string of the molecule is O=C(CCc1ccc(Cl)cc1)NC1CCN(C(=O)c2ccccc2F)CC1. The number of piperidine rings is 1. The summed E-state index contributed by atoms with van der Waals surface area (Å²) in [5, 5.41) is 3.71. The first kappa shape index (κ1) is 19.4. The number of amides is 2. The van der Waals surface area contributed by atoms with Crippen LogP contribution >= 0.6 is 11.6 Å². The summed E-state index contributed by atoms with van der Waals surface area (Å²) < 4.78 is 13.8. The van der Waals surface area contributed by atoms with Gasteiger partial charge >= 0.3 is 0 Å². The van der Waals surface area contributed by atoms with Gasteiger partial charge in [-0.1, -0.05) is 35.9 Å². The monoisotopic (exact) mass is 388 g/mol. The lowest BCUT2D eigenvalue weighted by molar-refractivity contribution is -0.122. The van der Waals surface area contributed by atoms with E-state index in [0.717, 1.165) is 5.56 Å². The smallest absolute Gasteiger partial charge is 0.256 e. The summed E-state index contributed by atoms with van der Waals surface area (Å²) in [6, 6.07) is 13.5. The fourth-order valence-electron chi connectivity index (χ4n) is 3.24. The summed E-state index contributed by atoms with van der Waals surface area (Å²) in [5.41, 5.74) is 1.17. The fourth-order valence-corrected chi connectivity index (χ4v) is 3.37. The quantitative estimate of drug-likeness (QED) is 0.846. The van der Waals surface area contributed by atoms with E-state index in [0.29, 0.717) is 43.8 Å². The minimum atomic E-state index is -0.500. The first-order valence-electron chi connectivity index (χ1n) is 9.10. The molecule has 2 aromatic carbocycles. The molecule has 2 aromatic rings. The molecule has 0 radical (unpaired) electrons. The summed E-state index contributed by atoms with van der Waals surface area (Å²) >= 11 is 5.86. The fraction of sp³-hybridized carbons (Fsp3) is 0.333. The van der Waals surface area contributed by atoms with Crippen LogP contribution in [0.3, 0.4) is 0 Å². The molecule has 142 valence electrons. The predicted octanol–water partition coefficient (Wildman–Crippen LogP) is 3.83. The lowest BCUT2D eigenvalue weighted by Gasteiger charge is -2.32. The van der Waals surface area contributed by atoms with Crippen molar-refractivity contribution in [3.05, 3.63) is 70.5 Å². The van der Waals surface area contributed by atoms with Crippen molar-refractivity contribution in [1.29, 1.82) is 0 Å². The Morgan fingerprint density at radius 1 is 1.07 bits per heavy atom. The number of benzene rings is 2. The summed E-state index contributed by atoms with van der Waals surface area (Å²) in [5.74, 6) is -0.787. The van der Waals surface area contributed by atoms with Gasteiger partial charge in [-0.25, -0.2) is 4.39 Å². The van der Waals surface area contributed by atoms with E-state index in [1.165, 1.54) is 12.1 Å². The minimum Gasteiger partial charge on any atom is -0.353 e. The third kappa shape index (κ3) is 5.30. The first-order chi connectivity index (χ1) is 13.0. The van der Waals surface area contributed by atoms with E-state index in [1.54, 1.807) is 17.0 Å². The maximum atomic E-state index is 13.8. The highest BCUT2D eigenvalue weighted by Gasteiger charge is 2.25. The van der Waals surface area contributed by atoms with Gasteiger partial charge in [0.15, 0.2) is 0 Å². The largest absolute Gasteiger partial charge is 0.353 e. The number of carbonyl (C=O) groups is 2. The highest BCUT2D eigenvalue weighted by atomic mass is 35.5. The molecular weight excluding hydrogens is 367 g/mol. The van der Waals surface area contributed by atoms with Crippen molar-refractivity contribution >= 4 is 23.4 Å². The Morgan fingerprint density at radius 3 is 2.41 bits per heavy atom. The van der Waals surface area contributed by atoms with Crippen LogP contribution in [0.1, 0.15) is 35.2 Å². The third-order valence-electron chi connectivity index (χ3n) is 4.81. The molecule has 27 heavy (non-hydrogen) atoms. The maximum Gasteiger partial charge on any atom is 0.256 e. The molecule has 1 N–H and O–H groups in total. The van der Waals surface area contributed by atoms with E-state index < -0.39 is 5.82 Å². The van der Waals surface area contributed by atoms with Crippen molar-refractivity contribution in [1.82, 2.24) is 10.2 Å². The Labute approximate surface area is 163 Å². The lowest BCUT2D eigenvalue weighted by Crippen LogP contribution is -2.46. The number of likely N-dealkylation sites (tertiary alicyclic amines) is 1. The van der Waals surface area contributed by atoms with E-state index in [9.17, 15) is 14.0 Å². The standard InChI is InChI=1S/C21H22ClFN2O2/c22-16-8-5-15(6-9-16)7-10-20(26)24-17-11-13-25(14-12-17)21(27)18-3-1-2-4-19(18)23/h1-6,8-9,17H,7,10-14H2,(H,24,26). The summed E-state index contributed by atoms with van der Waals surface area (Å²) in [7, 11) is 0. The zero-order valence-electron chi connectivity index (χ0n) is 15.0. The second kappa shape index (κ2) is 9.00. The number of nitrogens with zero attached hydrogens (tertiary/aromatic N) is 1. The molecule has 0 bridgehead atoms. The van der Waals surface area contributed by atoms with Gasteiger partial charge in [-0.2, -0.15) is 0 Å². The number of carbonyl (C=O) groups excluding carboxylic acids is 2. The Hall–Kier alpha value is -2.40. The molecule has 1 aliphatic rings. The van der Waals surface area contributed by atoms with Gasteiger partial charge in [0.05, 0.1) is 5.56 Å². The van der Waals surface area contributed by atoms with Crippen LogP contribution in [0.5, 0.6) is 0 Å². The van der Waals surface area contributed by atoms with Crippen LogP contribution in [-0.4, -0.2) is 35.8 Å². The van der Waals surface area contributed by atoms with Crippen LogP contribution < -0.4 is 5.32 Å². The lowest BCUT2D eigenvalue weighted by atomic mass is 10.0. The zero-order chi connectivity index (χ0) is 19.2. The van der Waals surface area contributed by atoms with Crippen LogP contribution in [0.25, 0.3) is 0 Å². The molecule has 1 heterocycles. The molecule has 0 unspecified atom stereocenters. The van der Waals surface area contributed by atoms with Gasteiger partial charge in [-0.05, 0) is 49.1 Å². The molecule has 0 aliphatic carbocycles. The first-order valence-corrected chi connectivity index (χ1v) is 9.48. The Balaban J connectivity index is 1.43. The molecule has 4 nitrogen and oxygen atoms in total. The van der Waals surface area contributed by atoms with E-state index in [4.69, 9.17) is 11.6 Å². The Bertz CT molecular complexity index is 802. The summed E-state index contributed by atoms with van der Waals surface area (Å²) in [6.45, 7) is 1.02. The zero-order valence-corrected chi connectivity index (χ0v) is 15.7. The van der Waals surface area contributed by atoms with E-state index >= 15 is 0 Å². The van der Waals surface area contributed by atoms with E-state index in [-0.39, 0.29) is 23.4 Å². The normalized spacial score (nSPS) is 14.8. The average molecular weight is 389 g/mol. The van der Waals surface area contributed by atoms with E-state index in [2.05, 4.69) is 5.32 Å². The van der Waals surface area contributed by atoms with Crippen molar-refractivity contribution in [2.45, 2.75) is 31.7 Å². The van der Waals surface area contributed by atoms with Gasteiger partial charge < -0.3 is 10.2 Å². The van der Waals surface area contributed by atoms with Crippen molar-refractivity contribution < 1.29 is 14.0 Å². The van der Waals surface area contributed by atoms with Crippen molar-refractivity contribution in [3.8, 4) is 0 Å². The van der Waals surface area contributed by atoms with Gasteiger partial charge in [0.1, 0.15) is 5.82 Å². The number of hydrogen-bond donors (Lipinski definition) is 1. The molecule has 3 rings (SSSR count). The van der Waals surface area contributed by atoms with Crippen LogP contribution in [-0.2, 0) is 11.2 Å². The highest BCUT2D eigenvalue weighted by molar-refractivity contribution is 6.30. The number of nitrogens with one attached hydrogen (secondary N) is 1. The van der Waals surface area contributed by atoms with Crippen LogP contribution in [0, 0.1) is 5.82 Å². The number of rotatable bonds is 5. The third-order valence-corrected chi connectivity index (χ3v) is 5.06. The van der Waals surface area contributed by atoms with E-state index in [1.807, 2.05) is 24.3 Å². The van der Waals surface area contributed by atoms with Gasteiger partial charge in [0.2, 0.25) is 5.91 Å². The van der Waals surface area contributed by atoms with Gasteiger partial charge in [-0.15, -0.1) is 0 Å². The molecule has 0 saturated carbocycles. The molecule has 2 amide bonds. The topological polar surface area (TPSA) is 49.4 Å². The molecule has 0 spiro atoms. The van der Waals surface area contributed by atoms with Crippen molar-refractivity contribution in [3.63, 3.8) is 0 Å². The van der Waals surface area contributed by atoms with Gasteiger partial charge in [0, 0.05) is 30.6 Å².